The van der Waals surface area contributed by atoms with Crippen LogP contribution in [0.3, 0.4) is 0 Å². The summed E-state index contributed by atoms with van der Waals surface area (Å²) in [6, 6.07) is 3.05. The van der Waals surface area contributed by atoms with E-state index in [1.54, 1.807) is 45.9 Å². The minimum atomic E-state index is -1.16. The van der Waals surface area contributed by atoms with Crippen molar-refractivity contribution in [1.82, 2.24) is 0 Å². The molecule has 9 nitrogen and oxygen atoms in total. The van der Waals surface area contributed by atoms with Crippen LogP contribution in [0, 0.1) is 5.92 Å². The Labute approximate surface area is 216 Å². The van der Waals surface area contributed by atoms with Crippen LogP contribution in [-0.2, 0) is 23.7 Å². The summed E-state index contributed by atoms with van der Waals surface area (Å²) in [5, 5.41) is 0. The van der Waals surface area contributed by atoms with Crippen LogP contribution in [0.1, 0.15) is 50.0 Å². The average molecular weight is 515 g/mol. The lowest BCUT2D eigenvalue weighted by Crippen LogP contribution is -2.32. The quantitative estimate of drug-likeness (QED) is 0.338. The lowest BCUT2D eigenvalue weighted by atomic mass is 9.98. The average Bonchev–Trinajstić information content (AvgIpc) is 3.14. The molecule has 1 aromatic carbocycles. The van der Waals surface area contributed by atoms with Gasteiger partial charge in [-0.2, -0.15) is 0 Å². The predicted molar refractivity (Wildman–Crippen MR) is 134 cm³/mol. The number of carbonyl (C=O) groups excluding carboxylic acids is 3. The van der Waals surface area contributed by atoms with Crippen molar-refractivity contribution in [2.75, 3.05) is 25.9 Å². The number of hydrogen-bond acceptors (Lipinski definition) is 8. The number of hydrogen-bond donors (Lipinski definition) is 0. The maximum Gasteiger partial charge on any atom is 0.342 e. The van der Waals surface area contributed by atoms with E-state index in [0.29, 0.717) is 11.3 Å². The summed E-state index contributed by atoms with van der Waals surface area (Å²) in [6.07, 6.45) is 1.81. The molecule has 4 atom stereocenters. The van der Waals surface area contributed by atoms with Crippen LogP contribution in [-0.4, -0.2) is 70.5 Å². The number of ketones is 1. The highest BCUT2D eigenvalue weighted by Gasteiger charge is 2.45. The van der Waals surface area contributed by atoms with E-state index < -0.39 is 53.4 Å². The fourth-order valence-electron chi connectivity index (χ4n) is 4.01. The first kappa shape index (κ1) is 28.6. The van der Waals surface area contributed by atoms with E-state index in [1.807, 2.05) is 0 Å². The number of methoxy groups -OCH3 is 1. The second-order valence-corrected chi connectivity index (χ2v) is 9.44. The van der Waals surface area contributed by atoms with Crippen LogP contribution >= 0.6 is 0 Å². The monoisotopic (exact) mass is 515 g/mol. The molecule has 1 fully saturated rings. The molecular weight excluding hydrogens is 484 g/mol. The van der Waals surface area contributed by atoms with Gasteiger partial charge in [-0.1, -0.05) is 19.1 Å². The van der Waals surface area contributed by atoms with Crippen molar-refractivity contribution in [1.29, 1.82) is 0 Å². The number of Topliss-reactive ketones (excluding diaryl/α,β-unsaturated/α-hetero) is 1. The number of cyclic esters (lactones) is 1. The van der Waals surface area contributed by atoms with Gasteiger partial charge in [0.05, 0.1) is 6.10 Å². The Hall–Kier alpha value is -3.02. The summed E-state index contributed by atoms with van der Waals surface area (Å²) in [6.45, 7) is 6.32. The second-order valence-electron chi connectivity index (χ2n) is 9.44. The topological polar surface area (TPSA) is 101 Å². The molecule has 1 amide bonds. The van der Waals surface area contributed by atoms with Gasteiger partial charge < -0.3 is 28.6 Å². The number of rotatable bonds is 4. The molecule has 2 aliphatic rings. The summed E-state index contributed by atoms with van der Waals surface area (Å²) in [7, 11) is 8.34. The molecule has 0 aromatic heterocycles. The number of amides is 1. The summed E-state index contributed by atoms with van der Waals surface area (Å²) in [5.74, 6) is -4.94. The Morgan fingerprint density at radius 2 is 1.95 bits per heavy atom. The highest BCUT2D eigenvalue weighted by Crippen LogP contribution is 2.35. The van der Waals surface area contributed by atoms with Gasteiger partial charge >= 0.3 is 5.97 Å². The van der Waals surface area contributed by atoms with E-state index >= 15 is 0 Å². The zero-order valence-electron chi connectivity index (χ0n) is 21.8. The fourth-order valence-corrected chi connectivity index (χ4v) is 4.01. The standard InChI is InChI=1S/C26H31BFNO8/c1-14-10-18(28)22(30)23-19(36-26(3,4)37-23)9-7-8-16-11-17(29(5)25(27)32)12-20(34-13-33-6)21(16)24(31)35-15(14)2/h7-8,10-12,14-15,19,23H,9,13H2,1-6H3/b8-7+,18-10+/t14-,15+,19+,23+/m1/s1. The summed E-state index contributed by atoms with van der Waals surface area (Å²) in [5.41, 5.74) is 0.797. The van der Waals surface area contributed by atoms with Gasteiger partial charge in [-0.25, -0.2) is 9.18 Å². The van der Waals surface area contributed by atoms with Gasteiger partial charge in [0.15, 0.2) is 30.3 Å². The lowest BCUT2D eigenvalue weighted by Gasteiger charge is -2.23. The lowest BCUT2D eigenvalue weighted by molar-refractivity contribution is -0.153. The molecule has 0 bridgehead atoms. The Morgan fingerprint density at radius 1 is 1.24 bits per heavy atom. The normalized spacial score (nSPS) is 28.1. The Morgan fingerprint density at radius 3 is 2.59 bits per heavy atom. The van der Waals surface area contributed by atoms with E-state index in [1.165, 1.54) is 25.1 Å². The van der Waals surface area contributed by atoms with Crippen LogP contribution in [0.4, 0.5) is 14.9 Å². The first-order chi connectivity index (χ1) is 17.3. The van der Waals surface area contributed by atoms with Crippen molar-refractivity contribution in [3.8, 4) is 5.75 Å². The number of benzene rings is 1. The van der Waals surface area contributed by atoms with Crippen molar-refractivity contribution in [3.63, 3.8) is 0 Å². The van der Waals surface area contributed by atoms with Gasteiger partial charge in [-0.3, -0.25) is 9.59 Å². The van der Waals surface area contributed by atoms with E-state index in [9.17, 15) is 18.8 Å². The van der Waals surface area contributed by atoms with Gasteiger partial charge in [0.1, 0.15) is 17.4 Å². The maximum absolute atomic E-state index is 14.9. The number of anilines is 1. The smallest absolute Gasteiger partial charge is 0.342 e. The van der Waals surface area contributed by atoms with Crippen LogP contribution in [0.25, 0.3) is 6.08 Å². The van der Waals surface area contributed by atoms with Crippen LogP contribution in [0.2, 0.25) is 0 Å². The molecule has 198 valence electrons. The third-order valence-corrected chi connectivity index (χ3v) is 6.16. The molecule has 0 N–H and O–H groups in total. The Bertz CT molecular complexity index is 1120. The van der Waals surface area contributed by atoms with Crippen molar-refractivity contribution in [2.24, 2.45) is 5.92 Å². The molecule has 3 rings (SSSR count). The molecule has 0 spiro atoms. The first-order valence-corrected chi connectivity index (χ1v) is 11.8. The molecule has 0 saturated carbocycles. The van der Waals surface area contributed by atoms with Crippen LogP contribution < -0.4 is 9.64 Å². The molecule has 2 aliphatic heterocycles. The van der Waals surface area contributed by atoms with Gasteiger partial charge in [0.2, 0.25) is 13.6 Å². The van der Waals surface area contributed by atoms with Crippen molar-refractivity contribution in [2.45, 2.75) is 58.2 Å². The maximum atomic E-state index is 14.9. The molecule has 11 heteroatoms. The third kappa shape index (κ3) is 6.65. The van der Waals surface area contributed by atoms with E-state index in [4.69, 9.17) is 31.5 Å². The minimum Gasteiger partial charge on any atom is -0.467 e. The van der Waals surface area contributed by atoms with Gasteiger partial charge in [0, 0.05) is 31.8 Å². The van der Waals surface area contributed by atoms with Gasteiger partial charge in [0.25, 0.3) is 0 Å². The first-order valence-electron chi connectivity index (χ1n) is 11.8. The van der Waals surface area contributed by atoms with E-state index in [0.717, 1.165) is 6.08 Å². The highest BCUT2D eigenvalue weighted by atomic mass is 19.1. The summed E-state index contributed by atoms with van der Waals surface area (Å²) < 4.78 is 42.8. The molecule has 0 unspecified atom stereocenters. The van der Waals surface area contributed by atoms with E-state index in [2.05, 4.69) is 0 Å². The fraction of sp³-hybridized carbons (Fsp3) is 0.500. The Kier molecular flexibility index (Phi) is 8.94. The minimum absolute atomic E-state index is 0.0760. The van der Waals surface area contributed by atoms with Gasteiger partial charge in [-0.15, -0.1) is 0 Å². The number of halogens is 1. The molecule has 1 saturated heterocycles. The van der Waals surface area contributed by atoms with Crippen molar-refractivity contribution >= 4 is 37.2 Å². The molecule has 2 heterocycles. The third-order valence-electron chi connectivity index (χ3n) is 6.16. The number of ether oxygens (including phenoxy) is 5. The zero-order valence-corrected chi connectivity index (χ0v) is 21.8. The number of esters is 1. The largest absolute Gasteiger partial charge is 0.467 e. The van der Waals surface area contributed by atoms with Crippen LogP contribution in [0.15, 0.2) is 30.1 Å². The van der Waals surface area contributed by atoms with E-state index in [-0.39, 0.29) is 24.5 Å². The summed E-state index contributed by atoms with van der Waals surface area (Å²) in [4.78, 5) is 39.2. The number of nitrogens with zero attached hydrogens (tertiary/aromatic N) is 1. The summed E-state index contributed by atoms with van der Waals surface area (Å²) >= 11 is 0. The number of carbonyl (C=O) groups is 3. The highest BCUT2D eigenvalue weighted by molar-refractivity contribution is 6.60. The molecule has 2 radical (unpaired) electrons. The SMILES string of the molecule is [B]C(=O)N(C)c1cc2c(c(OCOC)c1)C(=O)O[C@@H](C)[C@H](C)/C=C(/F)C(=O)[C@H]1OC(C)(C)O[C@H]1C/C=C/2. The second kappa shape index (κ2) is 11.6. The predicted octanol–water partition coefficient (Wildman–Crippen LogP) is 3.93. The Balaban J connectivity index is 2.16. The van der Waals surface area contributed by atoms with Crippen molar-refractivity contribution in [3.05, 3.63) is 41.2 Å². The van der Waals surface area contributed by atoms with Crippen molar-refractivity contribution < 1.29 is 42.5 Å². The van der Waals surface area contributed by atoms with Crippen LogP contribution in [0.5, 0.6) is 5.75 Å². The molecule has 0 aliphatic carbocycles. The van der Waals surface area contributed by atoms with Gasteiger partial charge in [-0.05, 0) is 44.9 Å². The zero-order chi connectivity index (χ0) is 27.5. The molecular formula is C26H31BFNO8. The number of fused-ring (bicyclic) bond motifs is 2. The molecule has 37 heavy (non-hydrogen) atoms. The molecule has 1 aromatic rings.